The molecule has 0 spiro atoms. The molecule has 2 aromatic heterocycles. The summed E-state index contributed by atoms with van der Waals surface area (Å²) in [6, 6.07) is 15.1. The van der Waals surface area contributed by atoms with E-state index in [9.17, 15) is 4.79 Å². The highest BCUT2D eigenvalue weighted by Crippen LogP contribution is 2.18. The first kappa shape index (κ1) is 16.0. The molecule has 0 saturated carbocycles. The van der Waals surface area contributed by atoms with E-state index < -0.39 is 0 Å². The summed E-state index contributed by atoms with van der Waals surface area (Å²) in [6.07, 6.45) is 1.86. The molecule has 0 aliphatic heterocycles. The highest BCUT2D eigenvalue weighted by Gasteiger charge is 2.08. The lowest BCUT2D eigenvalue weighted by Gasteiger charge is -2.06. The summed E-state index contributed by atoms with van der Waals surface area (Å²) in [7, 11) is 0. The van der Waals surface area contributed by atoms with E-state index in [-0.39, 0.29) is 12.5 Å². The number of rotatable bonds is 5. The zero-order valence-electron chi connectivity index (χ0n) is 13.9. The monoisotopic (exact) mass is 347 g/mol. The van der Waals surface area contributed by atoms with Crippen LogP contribution in [0, 0.1) is 0 Å². The van der Waals surface area contributed by atoms with Crippen molar-refractivity contribution in [3.8, 4) is 11.4 Å². The molecule has 0 fully saturated rings. The SMILES string of the molecule is NCc1nc(-c2ccc(NC(=O)Cn3cc4ccccc4n3)cc2)n[nH]1. The van der Waals surface area contributed by atoms with Gasteiger partial charge < -0.3 is 11.1 Å². The van der Waals surface area contributed by atoms with Crippen molar-refractivity contribution < 1.29 is 4.79 Å². The summed E-state index contributed by atoms with van der Waals surface area (Å²) in [4.78, 5) is 16.5. The number of fused-ring (bicyclic) bond motifs is 1. The molecule has 1 amide bonds. The standard InChI is InChI=1S/C18H17N7O/c19-9-16-21-18(23-22-16)12-5-7-14(8-6-12)20-17(26)11-25-10-13-3-1-2-4-15(13)24-25/h1-8,10H,9,11,19H2,(H,20,26)(H,21,22,23). The molecule has 0 atom stereocenters. The lowest BCUT2D eigenvalue weighted by atomic mass is 10.2. The number of H-pyrrole nitrogens is 1. The van der Waals surface area contributed by atoms with E-state index >= 15 is 0 Å². The average Bonchev–Trinajstić information content (AvgIpc) is 3.28. The van der Waals surface area contributed by atoms with Crippen LogP contribution in [0.4, 0.5) is 5.69 Å². The fraction of sp³-hybridized carbons (Fsp3) is 0.111. The van der Waals surface area contributed by atoms with E-state index in [2.05, 4.69) is 25.6 Å². The Labute approximate surface area is 149 Å². The van der Waals surface area contributed by atoms with Crippen molar-refractivity contribution in [1.82, 2.24) is 25.0 Å². The van der Waals surface area contributed by atoms with Crippen molar-refractivity contribution in [2.45, 2.75) is 13.1 Å². The molecule has 26 heavy (non-hydrogen) atoms. The number of nitrogens with two attached hydrogens (primary N) is 1. The van der Waals surface area contributed by atoms with Crippen LogP contribution in [0.25, 0.3) is 22.3 Å². The molecule has 4 aromatic rings. The lowest BCUT2D eigenvalue weighted by molar-refractivity contribution is -0.116. The molecular weight excluding hydrogens is 330 g/mol. The number of carbonyl (C=O) groups is 1. The number of benzene rings is 2. The highest BCUT2D eigenvalue weighted by atomic mass is 16.2. The van der Waals surface area contributed by atoms with Gasteiger partial charge >= 0.3 is 0 Å². The molecule has 2 heterocycles. The molecule has 4 rings (SSSR count). The average molecular weight is 347 g/mol. The minimum absolute atomic E-state index is 0.145. The first-order chi connectivity index (χ1) is 12.7. The summed E-state index contributed by atoms with van der Waals surface area (Å²) in [5, 5.41) is 15.1. The van der Waals surface area contributed by atoms with Crippen molar-refractivity contribution in [1.29, 1.82) is 0 Å². The lowest BCUT2D eigenvalue weighted by Crippen LogP contribution is -2.18. The number of nitrogens with one attached hydrogen (secondary N) is 2. The minimum Gasteiger partial charge on any atom is -0.324 e. The predicted octanol–water partition coefficient (Wildman–Crippen LogP) is 1.92. The Morgan fingerprint density at radius 2 is 1.96 bits per heavy atom. The summed E-state index contributed by atoms with van der Waals surface area (Å²) < 4.78 is 1.64. The normalized spacial score (nSPS) is 11.0. The predicted molar refractivity (Wildman–Crippen MR) is 98.1 cm³/mol. The Morgan fingerprint density at radius 3 is 2.69 bits per heavy atom. The molecule has 0 unspecified atom stereocenters. The molecule has 130 valence electrons. The zero-order valence-corrected chi connectivity index (χ0v) is 13.9. The smallest absolute Gasteiger partial charge is 0.246 e. The van der Waals surface area contributed by atoms with E-state index in [0.29, 0.717) is 23.9 Å². The van der Waals surface area contributed by atoms with Gasteiger partial charge in [-0.15, -0.1) is 0 Å². The van der Waals surface area contributed by atoms with Gasteiger partial charge in [-0.2, -0.15) is 10.2 Å². The van der Waals surface area contributed by atoms with Gasteiger partial charge in [0.15, 0.2) is 5.82 Å². The van der Waals surface area contributed by atoms with Crippen LogP contribution in [-0.4, -0.2) is 30.9 Å². The van der Waals surface area contributed by atoms with E-state index in [4.69, 9.17) is 5.73 Å². The van der Waals surface area contributed by atoms with Crippen LogP contribution < -0.4 is 11.1 Å². The van der Waals surface area contributed by atoms with Crippen molar-refractivity contribution in [3.63, 3.8) is 0 Å². The van der Waals surface area contributed by atoms with E-state index in [0.717, 1.165) is 16.5 Å². The molecule has 8 nitrogen and oxygen atoms in total. The van der Waals surface area contributed by atoms with Gasteiger partial charge in [0.2, 0.25) is 5.91 Å². The van der Waals surface area contributed by atoms with Crippen LogP contribution in [-0.2, 0) is 17.9 Å². The quantitative estimate of drug-likeness (QED) is 0.510. The summed E-state index contributed by atoms with van der Waals surface area (Å²) in [5.74, 6) is 1.06. The van der Waals surface area contributed by atoms with Crippen molar-refractivity contribution >= 4 is 22.5 Å². The van der Waals surface area contributed by atoms with Crippen LogP contribution >= 0.6 is 0 Å². The van der Waals surface area contributed by atoms with Crippen LogP contribution in [0.2, 0.25) is 0 Å². The Kier molecular flexibility index (Phi) is 4.16. The number of aromatic nitrogens is 5. The fourth-order valence-corrected chi connectivity index (χ4v) is 2.66. The van der Waals surface area contributed by atoms with E-state index in [1.807, 2.05) is 54.7 Å². The number of anilines is 1. The maximum atomic E-state index is 12.2. The number of nitrogens with zero attached hydrogens (tertiary/aromatic N) is 4. The topological polar surface area (TPSA) is 115 Å². The maximum Gasteiger partial charge on any atom is 0.246 e. The van der Waals surface area contributed by atoms with Gasteiger partial charge in [-0.05, 0) is 30.3 Å². The third-order valence-electron chi connectivity index (χ3n) is 3.92. The molecule has 0 bridgehead atoms. The van der Waals surface area contributed by atoms with Crippen molar-refractivity contribution in [2.75, 3.05) is 5.32 Å². The molecule has 2 aromatic carbocycles. The highest BCUT2D eigenvalue weighted by molar-refractivity contribution is 5.91. The van der Waals surface area contributed by atoms with Crippen LogP contribution in [0.3, 0.4) is 0 Å². The first-order valence-corrected chi connectivity index (χ1v) is 8.15. The minimum atomic E-state index is -0.145. The number of carbonyl (C=O) groups excluding carboxylic acids is 1. The number of amides is 1. The molecule has 8 heteroatoms. The number of hydrogen-bond donors (Lipinski definition) is 3. The molecule has 0 radical (unpaired) electrons. The molecule has 0 aliphatic carbocycles. The molecule has 4 N–H and O–H groups in total. The van der Waals surface area contributed by atoms with Gasteiger partial charge in [-0.3, -0.25) is 14.6 Å². The second-order valence-electron chi connectivity index (χ2n) is 5.82. The van der Waals surface area contributed by atoms with E-state index in [1.54, 1.807) is 4.68 Å². The fourth-order valence-electron chi connectivity index (χ4n) is 2.66. The van der Waals surface area contributed by atoms with Gasteiger partial charge in [-0.25, -0.2) is 4.98 Å². The molecule has 0 saturated heterocycles. The van der Waals surface area contributed by atoms with Gasteiger partial charge in [0.1, 0.15) is 12.4 Å². The maximum absolute atomic E-state index is 12.2. The second-order valence-corrected chi connectivity index (χ2v) is 5.82. The van der Waals surface area contributed by atoms with Crippen LogP contribution in [0.1, 0.15) is 5.82 Å². The van der Waals surface area contributed by atoms with Gasteiger partial charge in [0, 0.05) is 22.8 Å². The second kappa shape index (κ2) is 6.77. The Hall–Kier alpha value is -3.52. The Bertz CT molecular complexity index is 1020. The summed E-state index contributed by atoms with van der Waals surface area (Å²) >= 11 is 0. The van der Waals surface area contributed by atoms with Crippen molar-refractivity contribution in [3.05, 3.63) is 60.6 Å². The largest absolute Gasteiger partial charge is 0.324 e. The van der Waals surface area contributed by atoms with Gasteiger partial charge in [0.25, 0.3) is 0 Å². The Balaban J connectivity index is 1.42. The first-order valence-electron chi connectivity index (χ1n) is 8.15. The third-order valence-corrected chi connectivity index (χ3v) is 3.92. The van der Waals surface area contributed by atoms with Gasteiger partial charge in [0.05, 0.1) is 12.1 Å². The zero-order chi connectivity index (χ0) is 17.9. The number of aromatic amines is 1. The number of hydrogen-bond acceptors (Lipinski definition) is 5. The van der Waals surface area contributed by atoms with Gasteiger partial charge in [-0.1, -0.05) is 18.2 Å². The molecular formula is C18H17N7O. The summed E-state index contributed by atoms with van der Waals surface area (Å²) in [5.41, 5.74) is 7.93. The summed E-state index contributed by atoms with van der Waals surface area (Å²) in [6.45, 7) is 0.459. The van der Waals surface area contributed by atoms with Crippen LogP contribution in [0.5, 0.6) is 0 Å². The van der Waals surface area contributed by atoms with E-state index in [1.165, 1.54) is 0 Å². The molecule has 0 aliphatic rings. The third kappa shape index (κ3) is 3.31. The van der Waals surface area contributed by atoms with Crippen LogP contribution in [0.15, 0.2) is 54.7 Å². The van der Waals surface area contributed by atoms with Crippen molar-refractivity contribution in [2.24, 2.45) is 5.73 Å². The Morgan fingerprint density at radius 1 is 1.15 bits per heavy atom.